The molecule has 20 heavy (non-hydrogen) atoms. The number of halogens is 1. The molecule has 0 aromatic carbocycles. The summed E-state index contributed by atoms with van der Waals surface area (Å²) in [4.78, 5) is 10.6. The topological polar surface area (TPSA) is 96.6 Å². The van der Waals surface area contributed by atoms with Crippen LogP contribution in [0.4, 0.5) is 0 Å². The minimum absolute atomic E-state index is 0.0916. The summed E-state index contributed by atoms with van der Waals surface area (Å²) in [6, 6.07) is 1.01. The first kappa shape index (κ1) is 15.5. The van der Waals surface area contributed by atoms with E-state index in [1.807, 2.05) is 0 Å². The highest BCUT2D eigenvalue weighted by atomic mass is 79.9. The number of nitrogens with one attached hydrogen (secondary N) is 1. The molecule has 6 nitrogen and oxygen atoms in total. The van der Waals surface area contributed by atoms with Crippen LogP contribution in [-0.2, 0) is 10.0 Å². The van der Waals surface area contributed by atoms with Gasteiger partial charge in [0.05, 0.1) is 0 Å². The smallest absolute Gasteiger partial charge is 0.371 e. The van der Waals surface area contributed by atoms with E-state index in [9.17, 15) is 13.2 Å². The van der Waals surface area contributed by atoms with E-state index in [0.717, 1.165) is 31.7 Å². The average Bonchev–Trinajstić information content (AvgIpc) is 2.81. The van der Waals surface area contributed by atoms with E-state index in [2.05, 4.69) is 20.7 Å². The highest BCUT2D eigenvalue weighted by Crippen LogP contribution is 2.27. The molecule has 0 aliphatic heterocycles. The van der Waals surface area contributed by atoms with Crippen LogP contribution in [0.15, 0.2) is 20.0 Å². The highest BCUT2D eigenvalue weighted by molar-refractivity contribution is 9.10. The molecular weight excluding hydrogens is 350 g/mol. The molecule has 0 spiro atoms. The van der Waals surface area contributed by atoms with Crippen LogP contribution in [0.3, 0.4) is 0 Å². The number of hydrogen-bond donors (Lipinski definition) is 2. The molecule has 0 bridgehead atoms. The maximum atomic E-state index is 12.1. The molecular formula is C12H16BrNO5S. The summed E-state index contributed by atoms with van der Waals surface area (Å²) in [5, 5.41) is 8.79. The molecule has 1 heterocycles. The number of hydrogen-bond acceptors (Lipinski definition) is 4. The Balaban J connectivity index is 2.07. The number of carboxylic acids is 1. The Bertz CT molecular complexity index is 589. The minimum atomic E-state index is -3.76. The summed E-state index contributed by atoms with van der Waals surface area (Å²) in [7, 11) is -3.76. The van der Waals surface area contributed by atoms with Crippen molar-refractivity contribution >= 4 is 31.9 Å². The molecule has 0 amide bonds. The molecule has 1 aliphatic rings. The molecule has 112 valence electrons. The van der Waals surface area contributed by atoms with Crippen LogP contribution in [0.1, 0.15) is 42.7 Å². The van der Waals surface area contributed by atoms with Crippen LogP contribution >= 0.6 is 15.9 Å². The normalized spacial score (nSPS) is 17.2. The lowest BCUT2D eigenvalue weighted by Gasteiger charge is -2.21. The third-order valence-electron chi connectivity index (χ3n) is 3.44. The molecule has 8 heteroatoms. The van der Waals surface area contributed by atoms with Gasteiger partial charge < -0.3 is 9.52 Å². The van der Waals surface area contributed by atoms with Gasteiger partial charge in [-0.15, -0.1) is 0 Å². The fourth-order valence-corrected chi connectivity index (χ4v) is 4.39. The van der Waals surface area contributed by atoms with Gasteiger partial charge in [-0.25, -0.2) is 17.9 Å². The molecule has 1 aromatic heterocycles. The molecule has 0 radical (unpaired) electrons. The number of carbonyl (C=O) groups is 1. The van der Waals surface area contributed by atoms with Gasteiger partial charge in [-0.3, -0.25) is 0 Å². The van der Waals surface area contributed by atoms with E-state index in [4.69, 9.17) is 9.52 Å². The predicted molar refractivity (Wildman–Crippen MR) is 75.1 cm³/mol. The third-order valence-corrected chi connectivity index (χ3v) is 5.72. The summed E-state index contributed by atoms with van der Waals surface area (Å²) < 4.78 is 31.6. The van der Waals surface area contributed by atoms with Crippen molar-refractivity contribution in [2.24, 2.45) is 5.92 Å². The number of sulfonamides is 1. The third kappa shape index (κ3) is 3.62. The van der Waals surface area contributed by atoms with Crippen molar-refractivity contribution < 1.29 is 22.7 Å². The summed E-state index contributed by atoms with van der Waals surface area (Å²) in [6.07, 6.45) is 5.51. The van der Waals surface area contributed by atoms with Crippen LogP contribution < -0.4 is 4.72 Å². The van der Waals surface area contributed by atoms with Crippen LogP contribution in [0, 0.1) is 5.92 Å². The summed E-state index contributed by atoms with van der Waals surface area (Å²) in [6.45, 7) is 0.377. The second-order valence-electron chi connectivity index (χ2n) is 4.91. The Kier molecular flexibility index (Phi) is 4.87. The second-order valence-corrected chi connectivity index (χ2v) is 7.37. The van der Waals surface area contributed by atoms with E-state index in [-0.39, 0.29) is 9.56 Å². The Labute approximate surface area is 125 Å². The SMILES string of the molecule is O=C(O)c1cc(S(=O)(=O)NCC2CCCCC2)c(Br)o1. The predicted octanol–water partition coefficient (Wildman–Crippen LogP) is 2.60. The van der Waals surface area contributed by atoms with Gasteiger partial charge in [-0.05, 0) is 34.7 Å². The van der Waals surface area contributed by atoms with E-state index < -0.39 is 21.8 Å². The summed E-state index contributed by atoms with van der Waals surface area (Å²) in [5.41, 5.74) is 0. The fraction of sp³-hybridized carbons (Fsp3) is 0.583. The zero-order valence-electron chi connectivity index (χ0n) is 10.8. The highest BCUT2D eigenvalue weighted by Gasteiger charge is 2.25. The Morgan fingerprint density at radius 1 is 1.40 bits per heavy atom. The van der Waals surface area contributed by atoms with E-state index in [1.165, 1.54) is 6.42 Å². The lowest BCUT2D eigenvalue weighted by molar-refractivity contribution is 0.0661. The van der Waals surface area contributed by atoms with Gasteiger partial charge in [0.2, 0.25) is 15.8 Å². The van der Waals surface area contributed by atoms with Crippen molar-refractivity contribution in [3.05, 3.63) is 16.5 Å². The molecule has 0 atom stereocenters. The van der Waals surface area contributed by atoms with Crippen LogP contribution in [0.25, 0.3) is 0 Å². The fourth-order valence-electron chi connectivity index (χ4n) is 2.34. The number of carboxylic acid groups (broad SMARTS) is 1. The number of furan rings is 1. The van der Waals surface area contributed by atoms with Crippen molar-refractivity contribution in [2.45, 2.75) is 37.0 Å². The van der Waals surface area contributed by atoms with Gasteiger partial charge >= 0.3 is 5.97 Å². The van der Waals surface area contributed by atoms with Crippen molar-refractivity contribution in [1.82, 2.24) is 4.72 Å². The quantitative estimate of drug-likeness (QED) is 0.835. The lowest BCUT2D eigenvalue weighted by atomic mass is 9.90. The zero-order valence-corrected chi connectivity index (χ0v) is 13.2. The van der Waals surface area contributed by atoms with E-state index >= 15 is 0 Å². The number of rotatable bonds is 5. The zero-order chi connectivity index (χ0) is 14.8. The van der Waals surface area contributed by atoms with E-state index in [0.29, 0.717) is 12.5 Å². The van der Waals surface area contributed by atoms with Crippen LogP contribution in [-0.4, -0.2) is 26.0 Å². The standard InChI is InChI=1S/C12H16BrNO5S/c13-11-10(6-9(19-11)12(15)16)20(17,18)14-7-8-4-2-1-3-5-8/h6,8,14H,1-5,7H2,(H,15,16). The summed E-state index contributed by atoms with van der Waals surface area (Å²) >= 11 is 2.94. The Hall–Kier alpha value is -0.860. The van der Waals surface area contributed by atoms with Gasteiger partial charge in [0, 0.05) is 12.6 Å². The first-order valence-electron chi connectivity index (χ1n) is 6.42. The van der Waals surface area contributed by atoms with Gasteiger partial charge in [0.15, 0.2) is 4.67 Å². The first-order chi connectivity index (χ1) is 9.40. The van der Waals surface area contributed by atoms with Crippen molar-refractivity contribution in [2.75, 3.05) is 6.54 Å². The first-order valence-corrected chi connectivity index (χ1v) is 8.70. The molecule has 1 aromatic rings. The Morgan fingerprint density at radius 2 is 2.05 bits per heavy atom. The monoisotopic (exact) mass is 365 g/mol. The Morgan fingerprint density at radius 3 is 2.60 bits per heavy atom. The van der Waals surface area contributed by atoms with Gasteiger partial charge in [-0.1, -0.05) is 19.3 Å². The van der Waals surface area contributed by atoms with Crippen molar-refractivity contribution in [3.63, 3.8) is 0 Å². The van der Waals surface area contributed by atoms with Gasteiger partial charge in [0.1, 0.15) is 4.90 Å². The molecule has 0 saturated heterocycles. The second kappa shape index (κ2) is 6.28. The van der Waals surface area contributed by atoms with Crippen molar-refractivity contribution in [1.29, 1.82) is 0 Å². The number of aromatic carboxylic acids is 1. The molecule has 0 unspecified atom stereocenters. The van der Waals surface area contributed by atoms with Crippen LogP contribution in [0.5, 0.6) is 0 Å². The lowest BCUT2D eigenvalue weighted by Crippen LogP contribution is -2.30. The maximum absolute atomic E-state index is 12.1. The largest absolute Gasteiger partial charge is 0.475 e. The summed E-state index contributed by atoms with van der Waals surface area (Å²) in [5.74, 6) is -1.36. The average molecular weight is 366 g/mol. The molecule has 1 fully saturated rings. The minimum Gasteiger partial charge on any atom is -0.475 e. The maximum Gasteiger partial charge on any atom is 0.371 e. The van der Waals surface area contributed by atoms with Crippen molar-refractivity contribution in [3.8, 4) is 0 Å². The van der Waals surface area contributed by atoms with Gasteiger partial charge in [-0.2, -0.15) is 0 Å². The molecule has 2 N–H and O–H groups in total. The van der Waals surface area contributed by atoms with Gasteiger partial charge in [0.25, 0.3) is 0 Å². The molecule has 1 saturated carbocycles. The van der Waals surface area contributed by atoms with Crippen LogP contribution in [0.2, 0.25) is 0 Å². The van der Waals surface area contributed by atoms with E-state index in [1.54, 1.807) is 0 Å². The molecule has 1 aliphatic carbocycles. The molecule has 2 rings (SSSR count).